The van der Waals surface area contributed by atoms with Crippen LogP contribution in [0.2, 0.25) is 0 Å². The highest BCUT2D eigenvalue weighted by Gasteiger charge is 2.32. The van der Waals surface area contributed by atoms with E-state index in [0.717, 1.165) is 11.3 Å². The van der Waals surface area contributed by atoms with Crippen molar-refractivity contribution in [2.75, 3.05) is 13.1 Å². The molecule has 1 aromatic heterocycles. The molecule has 5 heteroatoms. The maximum absolute atomic E-state index is 12.9. The monoisotopic (exact) mass is 368 g/mol. The van der Waals surface area contributed by atoms with Gasteiger partial charge in [0.25, 0.3) is 5.56 Å². The summed E-state index contributed by atoms with van der Waals surface area (Å²) in [5.74, 6) is 0.394. The maximum atomic E-state index is 12.9. The van der Waals surface area contributed by atoms with Crippen LogP contribution in [-0.4, -0.2) is 34.6 Å². The zero-order valence-electron chi connectivity index (χ0n) is 16.3. The quantitative estimate of drug-likeness (QED) is 0.815. The van der Waals surface area contributed by atoms with Gasteiger partial charge in [0.1, 0.15) is 6.10 Å². The van der Waals surface area contributed by atoms with Crippen molar-refractivity contribution in [1.82, 2.24) is 9.47 Å². The predicted molar refractivity (Wildman–Crippen MR) is 106 cm³/mol. The average molecular weight is 368 g/mol. The molecule has 3 rings (SSSR count). The van der Waals surface area contributed by atoms with Gasteiger partial charge in [0.2, 0.25) is 5.91 Å². The second-order valence-corrected chi connectivity index (χ2v) is 7.52. The van der Waals surface area contributed by atoms with Gasteiger partial charge in [-0.2, -0.15) is 0 Å². The maximum Gasteiger partial charge on any atom is 0.250 e. The van der Waals surface area contributed by atoms with E-state index >= 15 is 0 Å². The molecule has 0 radical (unpaired) electrons. The number of ether oxygens (including phenoxy) is 1. The third-order valence-electron chi connectivity index (χ3n) is 5.21. The van der Waals surface area contributed by atoms with Crippen molar-refractivity contribution >= 4 is 5.91 Å². The first kappa shape index (κ1) is 19.4. The van der Waals surface area contributed by atoms with E-state index < -0.39 is 0 Å². The first-order chi connectivity index (χ1) is 13.0. The predicted octanol–water partition coefficient (Wildman–Crippen LogP) is 3.17. The molecule has 5 nitrogen and oxygen atoms in total. The van der Waals surface area contributed by atoms with Crippen LogP contribution in [0.15, 0.2) is 53.3 Å². The van der Waals surface area contributed by atoms with E-state index in [1.165, 1.54) is 6.07 Å². The Bertz CT molecular complexity index is 829. The van der Waals surface area contributed by atoms with E-state index in [9.17, 15) is 9.59 Å². The molecule has 1 saturated heterocycles. The van der Waals surface area contributed by atoms with Crippen LogP contribution in [0.1, 0.15) is 37.6 Å². The summed E-state index contributed by atoms with van der Waals surface area (Å²) >= 11 is 0. The van der Waals surface area contributed by atoms with Gasteiger partial charge in [-0.3, -0.25) is 9.59 Å². The summed E-state index contributed by atoms with van der Waals surface area (Å²) in [4.78, 5) is 26.8. The Hall–Kier alpha value is -2.40. The lowest BCUT2D eigenvalue weighted by atomic mass is 10.0. The summed E-state index contributed by atoms with van der Waals surface area (Å²) in [6.45, 7) is 7.68. The van der Waals surface area contributed by atoms with Gasteiger partial charge in [-0.05, 0) is 24.5 Å². The van der Waals surface area contributed by atoms with Crippen LogP contribution in [0.25, 0.3) is 0 Å². The molecule has 1 aromatic carbocycles. The fourth-order valence-electron chi connectivity index (χ4n) is 3.49. The lowest BCUT2D eigenvalue weighted by Crippen LogP contribution is -2.48. The second-order valence-electron chi connectivity index (χ2n) is 7.52. The van der Waals surface area contributed by atoms with E-state index in [1.54, 1.807) is 10.6 Å². The molecule has 2 atom stereocenters. The summed E-state index contributed by atoms with van der Waals surface area (Å²) < 4.78 is 7.93. The van der Waals surface area contributed by atoms with Gasteiger partial charge in [0.05, 0.1) is 12.6 Å². The summed E-state index contributed by atoms with van der Waals surface area (Å²) in [5, 5.41) is 0. The molecule has 1 aliphatic heterocycles. The van der Waals surface area contributed by atoms with Gasteiger partial charge in [-0.25, -0.2) is 0 Å². The zero-order valence-corrected chi connectivity index (χ0v) is 16.3. The Kier molecular flexibility index (Phi) is 6.11. The fraction of sp³-hybridized carbons (Fsp3) is 0.455. The van der Waals surface area contributed by atoms with Crippen molar-refractivity contribution < 1.29 is 9.53 Å². The van der Waals surface area contributed by atoms with Gasteiger partial charge < -0.3 is 14.2 Å². The van der Waals surface area contributed by atoms with E-state index in [1.807, 2.05) is 48.2 Å². The van der Waals surface area contributed by atoms with Gasteiger partial charge in [0.15, 0.2) is 0 Å². The average Bonchev–Trinajstić information content (AvgIpc) is 2.67. The van der Waals surface area contributed by atoms with Crippen LogP contribution in [0.3, 0.4) is 0 Å². The summed E-state index contributed by atoms with van der Waals surface area (Å²) in [5.41, 5.74) is 1.90. The largest absolute Gasteiger partial charge is 0.366 e. The third-order valence-corrected chi connectivity index (χ3v) is 5.21. The molecule has 0 N–H and O–H groups in total. The van der Waals surface area contributed by atoms with E-state index in [0.29, 0.717) is 32.0 Å². The van der Waals surface area contributed by atoms with Crippen molar-refractivity contribution in [1.29, 1.82) is 0 Å². The number of amides is 1. The standard InChI is InChI=1S/C22H28N2O3/c1-16(2)19-14-23(15-20(27-19)18-9-5-4-6-10-18)21(25)12-13-24-17(3)8-7-11-22(24)26/h4-11,16,19-20H,12-15H2,1-3H3/t19-,20+/m1/s1. The molecule has 2 aromatic rings. The van der Waals surface area contributed by atoms with Crippen LogP contribution in [0, 0.1) is 12.8 Å². The number of carbonyl (C=O) groups excluding carboxylic acids is 1. The summed E-state index contributed by atoms with van der Waals surface area (Å²) in [7, 11) is 0. The highest BCUT2D eigenvalue weighted by Crippen LogP contribution is 2.28. The number of nitrogens with zero attached hydrogens (tertiary/aromatic N) is 2. The van der Waals surface area contributed by atoms with Crippen LogP contribution in [0.4, 0.5) is 0 Å². The molecule has 0 bridgehead atoms. The van der Waals surface area contributed by atoms with Gasteiger partial charge in [-0.1, -0.05) is 50.2 Å². The molecule has 144 valence electrons. The van der Waals surface area contributed by atoms with Gasteiger partial charge in [-0.15, -0.1) is 0 Å². The number of benzene rings is 1. The van der Waals surface area contributed by atoms with Crippen molar-refractivity contribution in [2.45, 2.75) is 45.9 Å². The van der Waals surface area contributed by atoms with E-state index in [4.69, 9.17) is 4.74 Å². The molecule has 1 amide bonds. The molecule has 0 spiro atoms. The summed E-state index contributed by atoms with van der Waals surface area (Å²) in [6, 6.07) is 15.2. The van der Waals surface area contributed by atoms with Crippen molar-refractivity contribution in [3.63, 3.8) is 0 Å². The third kappa shape index (κ3) is 4.66. The number of pyridine rings is 1. The van der Waals surface area contributed by atoms with Gasteiger partial charge in [0, 0.05) is 31.3 Å². The van der Waals surface area contributed by atoms with Crippen LogP contribution in [-0.2, 0) is 16.1 Å². The molecule has 1 fully saturated rings. The molecule has 0 saturated carbocycles. The highest BCUT2D eigenvalue weighted by molar-refractivity contribution is 5.76. The minimum Gasteiger partial charge on any atom is -0.366 e. The SMILES string of the molecule is Cc1cccc(=O)n1CCC(=O)N1C[C@@H](c2ccccc2)O[C@@H](C(C)C)C1. The lowest BCUT2D eigenvalue weighted by Gasteiger charge is -2.40. The summed E-state index contributed by atoms with van der Waals surface area (Å²) in [6.07, 6.45) is 0.212. The number of rotatable bonds is 5. The minimum absolute atomic E-state index is 0.00842. The Morgan fingerprint density at radius 3 is 2.52 bits per heavy atom. The fourth-order valence-corrected chi connectivity index (χ4v) is 3.49. The number of carbonyl (C=O) groups is 1. The molecule has 0 aliphatic carbocycles. The molecule has 27 heavy (non-hydrogen) atoms. The van der Waals surface area contributed by atoms with E-state index in [-0.39, 0.29) is 23.7 Å². The molecule has 0 unspecified atom stereocenters. The first-order valence-electron chi connectivity index (χ1n) is 9.60. The Morgan fingerprint density at radius 1 is 1.11 bits per heavy atom. The minimum atomic E-state index is -0.113. The Balaban J connectivity index is 1.71. The Labute approximate surface area is 160 Å². The van der Waals surface area contributed by atoms with Crippen molar-refractivity contribution in [2.24, 2.45) is 5.92 Å². The number of morpholine rings is 1. The molecule has 2 heterocycles. The molecular weight excluding hydrogens is 340 g/mol. The van der Waals surface area contributed by atoms with Crippen molar-refractivity contribution in [3.8, 4) is 0 Å². The first-order valence-corrected chi connectivity index (χ1v) is 9.60. The molecular formula is C22H28N2O3. The van der Waals surface area contributed by atoms with Crippen LogP contribution < -0.4 is 5.56 Å². The molecule has 1 aliphatic rings. The smallest absolute Gasteiger partial charge is 0.250 e. The van der Waals surface area contributed by atoms with Gasteiger partial charge >= 0.3 is 0 Å². The Morgan fingerprint density at radius 2 is 1.85 bits per heavy atom. The highest BCUT2D eigenvalue weighted by atomic mass is 16.5. The lowest BCUT2D eigenvalue weighted by molar-refractivity contribution is -0.150. The number of hydrogen-bond donors (Lipinski definition) is 0. The van der Waals surface area contributed by atoms with Crippen LogP contribution in [0.5, 0.6) is 0 Å². The topological polar surface area (TPSA) is 51.5 Å². The number of aryl methyl sites for hydroxylation is 1. The normalized spacial score (nSPS) is 20.1. The van der Waals surface area contributed by atoms with Crippen molar-refractivity contribution in [3.05, 3.63) is 70.1 Å². The zero-order chi connectivity index (χ0) is 19.4. The number of aromatic nitrogens is 1. The van der Waals surface area contributed by atoms with Crippen LogP contribution >= 0.6 is 0 Å². The van der Waals surface area contributed by atoms with E-state index in [2.05, 4.69) is 13.8 Å². The second kappa shape index (κ2) is 8.53. The number of hydrogen-bond acceptors (Lipinski definition) is 3.